The van der Waals surface area contributed by atoms with E-state index >= 15 is 0 Å². The van der Waals surface area contributed by atoms with Crippen molar-refractivity contribution in [2.24, 2.45) is 0 Å². The molecule has 0 saturated heterocycles. The first-order valence-electron chi connectivity index (χ1n) is 10.2. The van der Waals surface area contributed by atoms with Crippen LogP contribution in [0.3, 0.4) is 0 Å². The first-order chi connectivity index (χ1) is 13.9. The molecule has 0 aliphatic heterocycles. The molecule has 0 radical (unpaired) electrons. The summed E-state index contributed by atoms with van der Waals surface area (Å²) in [7, 11) is 0. The fraction of sp³-hybridized carbons (Fsp3) is 0.348. The third kappa shape index (κ3) is 5.06. The Morgan fingerprint density at radius 1 is 0.857 bits per heavy atom. The maximum atomic E-state index is 4.81. The van der Waals surface area contributed by atoms with E-state index in [0.717, 1.165) is 17.1 Å². The molecular formula is C23H27N5. The first kappa shape index (κ1) is 18.4. The van der Waals surface area contributed by atoms with Crippen LogP contribution in [0.25, 0.3) is 11.3 Å². The molecule has 2 N–H and O–H groups in total. The molecule has 0 atom stereocenters. The largest absolute Gasteiger partial charge is 0.366 e. The maximum Gasteiger partial charge on any atom is 0.225 e. The Morgan fingerprint density at radius 3 is 2.36 bits per heavy atom. The van der Waals surface area contributed by atoms with Gasteiger partial charge in [-0.2, -0.15) is 4.98 Å². The summed E-state index contributed by atoms with van der Waals surface area (Å²) in [6.45, 7) is 0.705. The number of nitrogens with zero attached hydrogens (tertiary/aromatic N) is 3. The number of pyridine rings is 1. The van der Waals surface area contributed by atoms with Gasteiger partial charge in [0.2, 0.25) is 5.95 Å². The van der Waals surface area contributed by atoms with Crippen LogP contribution < -0.4 is 10.6 Å². The summed E-state index contributed by atoms with van der Waals surface area (Å²) in [6.07, 6.45) is 11.2. The Hall–Kier alpha value is -2.95. The monoisotopic (exact) mass is 373 g/mol. The second-order valence-corrected chi connectivity index (χ2v) is 7.37. The summed E-state index contributed by atoms with van der Waals surface area (Å²) in [4.78, 5) is 13.6. The molecule has 5 heteroatoms. The van der Waals surface area contributed by atoms with Gasteiger partial charge in [-0.1, -0.05) is 56.0 Å². The SMILES string of the molecule is c1ccc(-c2cc(NCc3ccncc3)nc(NC3CCCCCC3)n2)cc1. The smallest absolute Gasteiger partial charge is 0.225 e. The summed E-state index contributed by atoms with van der Waals surface area (Å²) in [5.74, 6) is 1.55. The Labute approximate surface area is 166 Å². The van der Waals surface area contributed by atoms with Crippen LogP contribution in [-0.4, -0.2) is 21.0 Å². The van der Waals surface area contributed by atoms with E-state index in [1.807, 2.05) is 48.8 Å². The van der Waals surface area contributed by atoms with Crippen LogP contribution in [0.4, 0.5) is 11.8 Å². The van der Waals surface area contributed by atoms with Gasteiger partial charge < -0.3 is 10.6 Å². The number of nitrogens with one attached hydrogen (secondary N) is 2. The predicted molar refractivity (Wildman–Crippen MR) is 114 cm³/mol. The molecular weight excluding hydrogens is 346 g/mol. The molecule has 2 aromatic heterocycles. The number of hydrogen-bond donors (Lipinski definition) is 2. The third-order valence-corrected chi connectivity index (χ3v) is 5.21. The Kier molecular flexibility index (Phi) is 6.12. The van der Waals surface area contributed by atoms with Gasteiger partial charge in [0.25, 0.3) is 0 Å². The van der Waals surface area contributed by atoms with Gasteiger partial charge in [0.05, 0.1) is 5.69 Å². The quantitative estimate of drug-likeness (QED) is 0.575. The lowest BCUT2D eigenvalue weighted by Crippen LogP contribution is -2.20. The van der Waals surface area contributed by atoms with Crippen molar-refractivity contribution in [3.63, 3.8) is 0 Å². The van der Waals surface area contributed by atoms with Gasteiger partial charge in [-0.15, -0.1) is 0 Å². The minimum absolute atomic E-state index is 0.460. The van der Waals surface area contributed by atoms with Gasteiger partial charge in [0.15, 0.2) is 0 Å². The molecule has 3 aromatic rings. The van der Waals surface area contributed by atoms with Crippen LogP contribution in [-0.2, 0) is 6.54 Å². The van der Waals surface area contributed by atoms with E-state index in [-0.39, 0.29) is 0 Å². The second-order valence-electron chi connectivity index (χ2n) is 7.37. The van der Waals surface area contributed by atoms with E-state index in [0.29, 0.717) is 18.5 Å². The van der Waals surface area contributed by atoms with Crippen molar-refractivity contribution in [1.29, 1.82) is 0 Å². The topological polar surface area (TPSA) is 62.7 Å². The molecule has 144 valence electrons. The normalized spacial score (nSPS) is 15.0. The molecule has 1 aromatic carbocycles. The standard InChI is InChI=1S/C23H27N5/c1-2-7-11-20(10-6-1)26-23-27-21(19-8-4-3-5-9-19)16-22(28-23)25-17-18-12-14-24-15-13-18/h3-5,8-9,12-16,20H,1-2,6-7,10-11,17H2,(H2,25,26,27,28). The van der Waals surface area contributed by atoms with Gasteiger partial charge in [0, 0.05) is 36.6 Å². The first-order valence-corrected chi connectivity index (χ1v) is 10.2. The van der Waals surface area contributed by atoms with E-state index in [9.17, 15) is 0 Å². The van der Waals surface area contributed by atoms with Crippen LogP contribution in [0.15, 0.2) is 60.9 Å². The van der Waals surface area contributed by atoms with Gasteiger partial charge in [0.1, 0.15) is 5.82 Å². The number of aromatic nitrogens is 3. The van der Waals surface area contributed by atoms with E-state index in [2.05, 4.69) is 27.8 Å². The fourth-order valence-corrected chi connectivity index (χ4v) is 3.66. The second kappa shape index (κ2) is 9.31. The predicted octanol–water partition coefficient (Wildman–Crippen LogP) is 5.29. The Bertz CT molecular complexity index is 859. The average molecular weight is 374 g/mol. The fourth-order valence-electron chi connectivity index (χ4n) is 3.66. The Morgan fingerprint density at radius 2 is 1.61 bits per heavy atom. The van der Waals surface area contributed by atoms with Crippen molar-refractivity contribution in [2.75, 3.05) is 10.6 Å². The highest BCUT2D eigenvalue weighted by atomic mass is 15.2. The molecule has 0 bridgehead atoms. The van der Waals surface area contributed by atoms with Crippen LogP contribution in [0.1, 0.15) is 44.1 Å². The summed E-state index contributed by atoms with van der Waals surface area (Å²) in [5, 5.41) is 7.04. The van der Waals surface area contributed by atoms with Gasteiger partial charge in [-0.25, -0.2) is 4.98 Å². The molecule has 4 rings (SSSR count). The summed E-state index contributed by atoms with van der Waals surface area (Å²) >= 11 is 0. The zero-order valence-corrected chi connectivity index (χ0v) is 16.1. The van der Waals surface area contributed by atoms with Crippen molar-refractivity contribution in [1.82, 2.24) is 15.0 Å². The number of anilines is 2. The molecule has 0 unspecified atom stereocenters. The molecule has 0 spiro atoms. The molecule has 2 heterocycles. The van der Waals surface area contributed by atoms with Crippen molar-refractivity contribution in [3.05, 3.63) is 66.5 Å². The van der Waals surface area contributed by atoms with Crippen molar-refractivity contribution in [2.45, 2.75) is 51.1 Å². The zero-order chi connectivity index (χ0) is 19.0. The van der Waals surface area contributed by atoms with Gasteiger partial charge in [-0.05, 0) is 30.5 Å². The highest BCUT2D eigenvalue weighted by Crippen LogP contribution is 2.24. The summed E-state index contributed by atoms with van der Waals surface area (Å²) in [6, 6.07) is 16.8. The molecule has 0 amide bonds. The lowest BCUT2D eigenvalue weighted by Gasteiger charge is -2.18. The molecule has 1 aliphatic rings. The summed E-state index contributed by atoms with van der Waals surface area (Å²) < 4.78 is 0. The number of rotatable bonds is 6. The average Bonchev–Trinajstić information content (AvgIpc) is 3.02. The highest BCUT2D eigenvalue weighted by Gasteiger charge is 2.14. The van der Waals surface area contributed by atoms with E-state index < -0.39 is 0 Å². The number of benzene rings is 1. The molecule has 1 fully saturated rings. The number of hydrogen-bond acceptors (Lipinski definition) is 5. The maximum absolute atomic E-state index is 4.81. The molecule has 28 heavy (non-hydrogen) atoms. The molecule has 5 nitrogen and oxygen atoms in total. The molecule has 1 saturated carbocycles. The van der Waals surface area contributed by atoms with Gasteiger partial charge in [-0.3, -0.25) is 4.98 Å². The van der Waals surface area contributed by atoms with Crippen molar-refractivity contribution in [3.8, 4) is 11.3 Å². The van der Waals surface area contributed by atoms with E-state index in [1.54, 1.807) is 0 Å². The highest BCUT2D eigenvalue weighted by molar-refractivity contribution is 5.64. The van der Waals surface area contributed by atoms with Crippen LogP contribution in [0.2, 0.25) is 0 Å². The van der Waals surface area contributed by atoms with Crippen LogP contribution in [0.5, 0.6) is 0 Å². The lowest BCUT2D eigenvalue weighted by atomic mass is 10.1. The lowest BCUT2D eigenvalue weighted by molar-refractivity contribution is 0.615. The van der Waals surface area contributed by atoms with Gasteiger partial charge >= 0.3 is 0 Å². The minimum Gasteiger partial charge on any atom is -0.366 e. The van der Waals surface area contributed by atoms with Crippen LogP contribution >= 0.6 is 0 Å². The molecule has 1 aliphatic carbocycles. The van der Waals surface area contributed by atoms with Crippen LogP contribution in [0, 0.1) is 0 Å². The third-order valence-electron chi connectivity index (χ3n) is 5.21. The van der Waals surface area contributed by atoms with Crippen molar-refractivity contribution < 1.29 is 0 Å². The van der Waals surface area contributed by atoms with E-state index in [4.69, 9.17) is 9.97 Å². The van der Waals surface area contributed by atoms with E-state index in [1.165, 1.54) is 44.1 Å². The van der Waals surface area contributed by atoms with Crippen molar-refractivity contribution >= 4 is 11.8 Å². The Balaban J connectivity index is 1.57. The summed E-state index contributed by atoms with van der Waals surface area (Å²) in [5.41, 5.74) is 3.21. The minimum atomic E-state index is 0.460. The zero-order valence-electron chi connectivity index (χ0n) is 16.1.